The van der Waals surface area contributed by atoms with Gasteiger partial charge in [0, 0.05) is 6.07 Å². The molecule has 0 fully saturated rings. The lowest BCUT2D eigenvalue weighted by Crippen LogP contribution is -2.41. The van der Waals surface area contributed by atoms with Crippen molar-refractivity contribution in [2.45, 2.75) is 45.1 Å². The number of aliphatic carboxylic acids is 1. The van der Waals surface area contributed by atoms with E-state index in [0.717, 1.165) is 0 Å². The van der Waals surface area contributed by atoms with Gasteiger partial charge in [-0.2, -0.15) is 4.72 Å². The first-order chi connectivity index (χ1) is 10.5. The van der Waals surface area contributed by atoms with Crippen LogP contribution in [0.3, 0.4) is 0 Å². The van der Waals surface area contributed by atoms with E-state index in [9.17, 15) is 23.3 Å². The Hall–Kier alpha value is -2.00. The van der Waals surface area contributed by atoms with Crippen molar-refractivity contribution in [1.29, 1.82) is 0 Å². The van der Waals surface area contributed by atoms with Gasteiger partial charge in [0.05, 0.1) is 4.92 Å². The number of rotatable bonds is 7. The van der Waals surface area contributed by atoms with Crippen LogP contribution >= 0.6 is 0 Å². The fraction of sp³-hybridized carbons (Fsp3) is 0.500. The van der Waals surface area contributed by atoms with Gasteiger partial charge in [-0.15, -0.1) is 0 Å². The molecule has 0 aliphatic heterocycles. The van der Waals surface area contributed by atoms with E-state index in [1.54, 1.807) is 27.7 Å². The number of carboxylic acids is 1. The van der Waals surface area contributed by atoms with Crippen LogP contribution in [0.15, 0.2) is 17.0 Å². The van der Waals surface area contributed by atoms with Gasteiger partial charge in [0.1, 0.15) is 6.04 Å². The summed E-state index contributed by atoms with van der Waals surface area (Å²) >= 11 is 0. The SMILES string of the molecule is Cc1cc([N+](=O)[O-])c(S(=O)(=O)N[C@@H](CC(C)C)C(=O)O)cc1C. The Kier molecular flexibility index (Phi) is 5.84. The number of carboxylic acid groups (broad SMARTS) is 1. The molecular weight excluding hydrogens is 324 g/mol. The van der Waals surface area contributed by atoms with Crippen molar-refractivity contribution in [3.05, 3.63) is 33.4 Å². The van der Waals surface area contributed by atoms with Crippen LogP contribution in [0.25, 0.3) is 0 Å². The molecule has 1 aromatic carbocycles. The molecule has 2 N–H and O–H groups in total. The van der Waals surface area contributed by atoms with Gasteiger partial charge in [0.15, 0.2) is 4.90 Å². The maximum Gasteiger partial charge on any atom is 0.321 e. The molecule has 1 aromatic rings. The third-order valence-corrected chi connectivity index (χ3v) is 4.86. The summed E-state index contributed by atoms with van der Waals surface area (Å²) < 4.78 is 26.9. The predicted octanol–water partition coefficient (Wildman–Crippen LogP) is 1.99. The lowest BCUT2D eigenvalue weighted by Gasteiger charge is -2.17. The molecule has 0 bridgehead atoms. The Balaban J connectivity index is 3.35. The molecule has 0 aliphatic rings. The van der Waals surface area contributed by atoms with Crippen molar-refractivity contribution >= 4 is 21.7 Å². The summed E-state index contributed by atoms with van der Waals surface area (Å²) in [6.45, 7) is 6.76. The molecule has 23 heavy (non-hydrogen) atoms. The maximum absolute atomic E-state index is 12.4. The third-order valence-electron chi connectivity index (χ3n) is 3.36. The molecule has 0 amide bonds. The van der Waals surface area contributed by atoms with Crippen LogP contribution in [0.5, 0.6) is 0 Å². The molecule has 0 saturated heterocycles. The van der Waals surface area contributed by atoms with Crippen LogP contribution in [-0.4, -0.2) is 30.5 Å². The summed E-state index contributed by atoms with van der Waals surface area (Å²) in [5, 5.41) is 20.3. The number of hydrogen-bond acceptors (Lipinski definition) is 5. The normalized spacial score (nSPS) is 13.1. The number of nitro benzene ring substituents is 1. The van der Waals surface area contributed by atoms with E-state index in [4.69, 9.17) is 5.11 Å². The smallest absolute Gasteiger partial charge is 0.321 e. The van der Waals surface area contributed by atoms with E-state index < -0.39 is 37.5 Å². The summed E-state index contributed by atoms with van der Waals surface area (Å²) in [4.78, 5) is 21.0. The second-order valence-corrected chi connectivity index (χ2v) is 7.49. The lowest BCUT2D eigenvalue weighted by atomic mass is 10.1. The zero-order valence-corrected chi connectivity index (χ0v) is 14.2. The molecule has 1 rings (SSSR count). The Labute approximate surface area is 134 Å². The molecule has 8 nitrogen and oxygen atoms in total. The lowest BCUT2D eigenvalue weighted by molar-refractivity contribution is -0.387. The third kappa shape index (κ3) is 4.73. The second-order valence-electron chi connectivity index (χ2n) is 5.80. The maximum atomic E-state index is 12.4. The zero-order valence-electron chi connectivity index (χ0n) is 13.4. The van der Waals surface area contributed by atoms with Gasteiger partial charge in [0.2, 0.25) is 10.0 Å². The average Bonchev–Trinajstić information content (AvgIpc) is 2.39. The van der Waals surface area contributed by atoms with E-state index in [2.05, 4.69) is 4.72 Å². The summed E-state index contributed by atoms with van der Waals surface area (Å²) in [6.07, 6.45) is 0.0766. The molecule has 0 aromatic heterocycles. The average molecular weight is 344 g/mol. The highest BCUT2D eigenvalue weighted by Gasteiger charge is 2.31. The molecule has 0 unspecified atom stereocenters. The molecule has 0 saturated carbocycles. The first-order valence-corrected chi connectivity index (χ1v) is 8.44. The van der Waals surface area contributed by atoms with Gasteiger partial charge in [0.25, 0.3) is 5.69 Å². The van der Waals surface area contributed by atoms with Crippen molar-refractivity contribution in [2.75, 3.05) is 0 Å². The highest BCUT2D eigenvalue weighted by atomic mass is 32.2. The minimum atomic E-state index is -4.34. The van der Waals surface area contributed by atoms with Crippen molar-refractivity contribution in [3.8, 4) is 0 Å². The minimum Gasteiger partial charge on any atom is -0.480 e. The number of sulfonamides is 1. The van der Waals surface area contributed by atoms with Crippen molar-refractivity contribution in [1.82, 2.24) is 4.72 Å². The molecule has 0 aliphatic carbocycles. The second kappa shape index (κ2) is 7.05. The van der Waals surface area contributed by atoms with E-state index >= 15 is 0 Å². The van der Waals surface area contributed by atoms with Gasteiger partial charge in [-0.3, -0.25) is 14.9 Å². The number of nitro groups is 1. The molecule has 0 radical (unpaired) electrons. The summed E-state index contributed by atoms with van der Waals surface area (Å²) in [5.74, 6) is -1.39. The van der Waals surface area contributed by atoms with Gasteiger partial charge >= 0.3 is 5.97 Å². The topological polar surface area (TPSA) is 127 Å². The summed E-state index contributed by atoms with van der Waals surface area (Å²) in [5.41, 5.74) is 0.564. The largest absolute Gasteiger partial charge is 0.480 e. The van der Waals surface area contributed by atoms with Crippen LogP contribution in [0.4, 0.5) is 5.69 Å². The Morgan fingerprint density at radius 1 is 1.30 bits per heavy atom. The molecule has 1 atom stereocenters. The quantitative estimate of drug-likeness (QED) is 0.575. The number of aryl methyl sites for hydroxylation is 2. The standard InChI is InChI=1S/C14H20N2O6S/c1-8(2)5-11(14(17)18)15-23(21,22)13-7-10(4)9(3)6-12(13)16(19)20/h6-8,11,15H,5H2,1-4H3,(H,17,18)/t11-/m0/s1. The Morgan fingerprint density at radius 3 is 2.26 bits per heavy atom. The van der Waals surface area contributed by atoms with Crippen LogP contribution < -0.4 is 4.72 Å². The van der Waals surface area contributed by atoms with Crippen molar-refractivity contribution in [2.24, 2.45) is 5.92 Å². The number of nitrogens with one attached hydrogen (secondary N) is 1. The van der Waals surface area contributed by atoms with Gasteiger partial charge in [-0.25, -0.2) is 8.42 Å². The van der Waals surface area contributed by atoms with Crippen LogP contribution in [-0.2, 0) is 14.8 Å². The molecule has 128 valence electrons. The van der Waals surface area contributed by atoms with Crippen LogP contribution in [0, 0.1) is 29.9 Å². The fourth-order valence-corrected chi connectivity index (χ4v) is 3.49. The summed E-state index contributed by atoms with van der Waals surface area (Å²) in [6, 6.07) is 1.01. The van der Waals surface area contributed by atoms with Gasteiger partial charge in [-0.1, -0.05) is 13.8 Å². The van der Waals surface area contributed by atoms with Crippen LogP contribution in [0.1, 0.15) is 31.4 Å². The minimum absolute atomic E-state index is 0.0615. The Bertz CT molecular complexity index is 727. The monoisotopic (exact) mass is 344 g/mol. The van der Waals surface area contributed by atoms with E-state index in [1.807, 2.05) is 0 Å². The molecule has 0 heterocycles. The predicted molar refractivity (Wildman–Crippen MR) is 83.8 cm³/mol. The van der Waals surface area contributed by atoms with E-state index in [0.29, 0.717) is 11.1 Å². The number of benzene rings is 1. The van der Waals surface area contributed by atoms with Crippen LogP contribution in [0.2, 0.25) is 0 Å². The number of hydrogen-bond donors (Lipinski definition) is 2. The molecular formula is C14H20N2O6S. The highest BCUT2D eigenvalue weighted by molar-refractivity contribution is 7.89. The first-order valence-electron chi connectivity index (χ1n) is 6.96. The van der Waals surface area contributed by atoms with Crippen molar-refractivity contribution < 1.29 is 23.2 Å². The molecule has 0 spiro atoms. The number of nitrogens with zero attached hydrogens (tertiary/aromatic N) is 1. The van der Waals surface area contributed by atoms with E-state index in [1.165, 1.54) is 12.1 Å². The zero-order chi connectivity index (χ0) is 17.9. The number of carbonyl (C=O) groups is 1. The summed E-state index contributed by atoms with van der Waals surface area (Å²) in [7, 11) is -4.34. The van der Waals surface area contributed by atoms with E-state index in [-0.39, 0.29) is 12.3 Å². The Morgan fingerprint density at radius 2 is 1.83 bits per heavy atom. The van der Waals surface area contributed by atoms with Gasteiger partial charge < -0.3 is 5.11 Å². The van der Waals surface area contributed by atoms with Gasteiger partial charge in [-0.05, 0) is 43.4 Å². The first kappa shape index (κ1) is 19.0. The molecule has 9 heteroatoms. The highest BCUT2D eigenvalue weighted by Crippen LogP contribution is 2.27. The fourth-order valence-electron chi connectivity index (χ4n) is 2.05. The van der Waals surface area contributed by atoms with Crippen molar-refractivity contribution in [3.63, 3.8) is 0 Å².